The highest BCUT2D eigenvalue weighted by molar-refractivity contribution is 5.82. The molecule has 0 bridgehead atoms. The number of aryl methyl sites for hydroxylation is 1. The molecule has 2 aromatic rings. The van der Waals surface area contributed by atoms with E-state index in [1.807, 2.05) is 29.2 Å². The molecule has 0 N–H and O–H groups in total. The zero-order valence-electron chi connectivity index (χ0n) is 16.0. The SMILES string of the molecule is Cc1cccc(OC2CN(C(=O)C3CCCCN3Cc3ccccc3)C2)c1. The Morgan fingerprint density at radius 2 is 1.89 bits per heavy atom. The zero-order valence-corrected chi connectivity index (χ0v) is 16.0. The van der Waals surface area contributed by atoms with E-state index in [-0.39, 0.29) is 18.1 Å². The summed E-state index contributed by atoms with van der Waals surface area (Å²) in [5.74, 6) is 1.17. The fourth-order valence-corrected chi connectivity index (χ4v) is 4.06. The van der Waals surface area contributed by atoms with Gasteiger partial charge in [-0.3, -0.25) is 9.69 Å². The van der Waals surface area contributed by atoms with Crippen LogP contribution < -0.4 is 4.74 Å². The third-order valence-corrected chi connectivity index (χ3v) is 5.58. The largest absolute Gasteiger partial charge is 0.487 e. The lowest BCUT2D eigenvalue weighted by Crippen LogP contribution is -2.61. The fraction of sp³-hybridized carbons (Fsp3) is 0.435. The Morgan fingerprint density at radius 3 is 2.67 bits per heavy atom. The fourth-order valence-electron chi connectivity index (χ4n) is 4.06. The summed E-state index contributed by atoms with van der Waals surface area (Å²) in [6, 6.07) is 18.6. The van der Waals surface area contributed by atoms with Crippen molar-refractivity contribution in [2.24, 2.45) is 0 Å². The maximum absolute atomic E-state index is 13.1. The molecule has 4 heteroatoms. The molecule has 4 rings (SSSR count). The highest BCUT2D eigenvalue weighted by Crippen LogP contribution is 2.25. The van der Waals surface area contributed by atoms with Crippen LogP contribution in [0.5, 0.6) is 5.75 Å². The first-order valence-electron chi connectivity index (χ1n) is 9.99. The van der Waals surface area contributed by atoms with E-state index in [2.05, 4.69) is 42.2 Å². The first kappa shape index (κ1) is 18.1. The number of hydrogen-bond acceptors (Lipinski definition) is 3. The second kappa shape index (κ2) is 8.13. The minimum Gasteiger partial charge on any atom is -0.487 e. The average Bonchev–Trinajstić information content (AvgIpc) is 2.65. The van der Waals surface area contributed by atoms with E-state index in [4.69, 9.17) is 4.74 Å². The van der Waals surface area contributed by atoms with E-state index in [9.17, 15) is 4.79 Å². The molecule has 27 heavy (non-hydrogen) atoms. The lowest BCUT2D eigenvalue weighted by molar-refractivity contribution is -0.147. The van der Waals surface area contributed by atoms with Crippen LogP contribution in [0.2, 0.25) is 0 Å². The Labute approximate surface area is 161 Å². The van der Waals surface area contributed by atoms with Gasteiger partial charge in [-0.2, -0.15) is 0 Å². The van der Waals surface area contributed by atoms with Crippen LogP contribution in [0.4, 0.5) is 0 Å². The predicted molar refractivity (Wildman–Crippen MR) is 107 cm³/mol. The molecule has 2 aromatic carbocycles. The van der Waals surface area contributed by atoms with Gasteiger partial charge in [0.25, 0.3) is 0 Å². The highest BCUT2D eigenvalue weighted by Gasteiger charge is 2.38. The Hall–Kier alpha value is -2.33. The molecule has 1 amide bonds. The number of amides is 1. The van der Waals surface area contributed by atoms with E-state index >= 15 is 0 Å². The van der Waals surface area contributed by atoms with Gasteiger partial charge in [0, 0.05) is 6.54 Å². The maximum atomic E-state index is 13.1. The predicted octanol–water partition coefficient (Wildman–Crippen LogP) is 3.64. The normalized spacial score (nSPS) is 20.9. The van der Waals surface area contributed by atoms with Crippen molar-refractivity contribution in [1.29, 1.82) is 0 Å². The van der Waals surface area contributed by atoms with Crippen molar-refractivity contribution >= 4 is 5.91 Å². The number of benzene rings is 2. The number of rotatable bonds is 5. The van der Waals surface area contributed by atoms with E-state index in [1.165, 1.54) is 17.5 Å². The van der Waals surface area contributed by atoms with Crippen LogP contribution >= 0.6 is 0 Å². The van der Waals surface area contributed by atoms with Crippen molar-refractivity contribution in [3.63, 3.8) is 0 Å². The van der Waals surface area contributed by atoms with Gasteiger partial charge in [0.15, 0.2) is 0 Å². The smallest absolute Gasteiger partial charge is 0.240 e. The van der Waals surface area contributed by atoms with Gasteiger partial charge in [0.2, 0.25) is 5.91 Å². The molecule has 142 valence electrons. The molecular formula is C23H28N2O2. The van der Waals surface area contributed by atoms with E-state index in [1.54, 1.807) is 0 Å². The van der Waals surface area contributed by atoms with Gasteiger partial charge in [-0.25, -0.2) is 0 Å². The zero-order chi connectivity index (χ0) is 18.6. The molecule has 2 fully saturated rings. The minimum atomic E-state index is 0.0128. The van der Waals surface area contributed by atoms with Crippen LogP contribution in [0.25, 0.3) is 0 Å². The molecule has 0 spiro atoms. The number of likely N-dealkylation sites (tertiary alicyclic amines) is 2. The summed E-state index contributed by atoms with van der Waals surface area (Å²) in [5, 5.41) is 0. The second-order valence-electron chi connectivity index (χ2n) is 7.77. The molecule has 0 radical (unpaired) electrons. The van der Waals surface area contributed by atoms with Crippen LogP contribution in [-0.2, 0) is 11.3 Å². The number of piperidine rings is 1. The van der Waals surface area contributed by atoms with E-state index in [0.29, 0.717) is 13.1 Å². The van der Waals surface area contributed by atoms with Crippen molar-refractivity contribution in [1.82, 2.24) is 9.80 Å². The molecule has 0 aromatic heterocycles. The molecule has 0 saturated carbocycles. The molecule has 0 aliphatic carbocycles. The van der Waals surface area contributed by atoms with Crippen molar-refractivity contribution in [3.05, 3.63) is 65.7 Å². The number of nitrogens with zero attached hydrogens (tertiary/aromatic N) is 2. The quantitative estimate of drug-likeness (QED) is 0.812. The molecule has 2 aliphatic rings. The molecule has 2 aliphatic heterocycles. The Bertz CT molecular complexity index is 771. The maximum Gasteiger partial charge on any atom is 0.240 e. The lowest BCUT2D eigenvalue weighted by atomic mass is 9.98. The van der Waals surface area contributed by atoms with Gasteiger partial charge in [0.05, 0.1) is 19.1 Å². The monoisotopic (exact) mass is 364 g/mol. The van der Waals surface area contributed by atoms with E-state index in [0.717, 1.165) is 31.7 Å². The van der Waals surface area contributed by atoms with Gasteiger partial charge in [-0.1, -0.05) is 48.9 Å². The van der Waals surface area contributed by atoms with Gasteiger partial charge in [-0.15, -0.1) is 0 Å². The molecule has 2 heterocycles. The second-order valence-corrected chi connectivity index (χ2v) is 7.77. The first-order chi connectivity index (χ1) is 13.2. The standard InChI is InChI=1S/C23H28N2O2/c1-18-8-7-11-20(14-18)27-21-16-25(17-21)23(26)22-12-5-6-13-24(22)15-19-9-3-2-4-10-19/h2-4,7-11,14,21-22H,5-6,12-13,15-17H2,1H3. The van der Waals surface area contributed by atoms with Crippen molar-refractivity contribution < 1.29 is 9.53 Å². The Balaban J connectivity index is 1.33. The van der Waals surface area contributed by atoms with Crippen LogP contribution in [-0.4, -0.2) is 47.5 Å². The van der Waals surface area contributed by atoms with Gasteiger partial charge >= 0.3 is 0 Å². The van der Waals surface area contributed by atoms with Crippen LogP contribution in [0, 0.1) is 6.92 Å². The number of hydrogen-bond donors (Lipinski definition) is 0. The van der Waals surface area contributed by atoms with Gasteiger partial charge in [-0.05, 0) is 49.6 Å². The molecule has 2 saturated heterocycles. The summed E-state index contributed by atoms with van der Waals surface area (Å²) < 4.78 is 6.01. The summed E-state index contributed by atoms with van der Waals surface area (Å²) in [7, 11) is 0. The van der Waals surface area contributed by atoms with Crippen molar-refractivity contribution in [2.75, 3.05) is 19.6 Å². The molecule has 4 nitrogen and oxygen atoms in total. The summed E-state index contributed by atoms with van der Waals surface area (Å²) in [5.41, 5.74) is 2.47. The third kappa shape index (κ3) is 4.33. The summed E-state index contributed by atoms with van der Waals surface area (Å²) in [6.07, 6.45) is 3.39. The van der Waals surface area contributed by atoms with Crippen LogP contribution in [0.15, 0.2) is 54.6 Å². The number of ether oxygens (including phenoxy) is 1. The lowest BCUT2D eigenvalue weighted by Gasteiger charge is -2.44. The van der Waals surface area contributed by atoms with Crippen molar-refractivity contribution in [3.8, 4) is 5.75 Å². The third-order valence-electron chi connectivity index (χ3n) is 5.58. The van der Waals surface area contributed by atoms with Gasteiger partial charge in [0.1, 0.15) is 11.9 Å². The molecule has 1 atom stereocenters. The van der Waals surface area contributed by atoms with Crippen LogP contribution in [0.1, 0.15) is 30.4 Å². The minimum absolute atomic E-state index is 0.0128. The summed E-state index contributed by atoms with van der Waals surface area (Å²) in [4.78, 5) is 17.4. The Morgan fingerprint density at radius 1 is 1.07 bits per heavy atom. The Kier molecular flexibility index (Phi) is 5.44. The van der Waals surface area contributed by atoms with Crippen molar-refractivity contribution in [2.45, 2.75) is 44.9 Å². The molecule has 1 unspecified atom stereocenters. The number of carbonyl (C=O) groups is 1. The average molecular weight is 364 g/mol. The first-order valence-corrected chi connectivity index (χ1v) is 9.99. The summed E-state index contributed by atoms with van der Waals surface area (Å²) in [6.45, 7) is 5.31. The molecular weight excluding hydrogens is 336 g/mol. The van der Waals surface area contributed by atoms with Gasteiger partial charge < -0.3 is 9.64 Å². The van der Waals surface area contributed by atoms with Crippen LogP contribution in [0.3, 0.4) is 0 Å². The topological polar surface area (TPSA) is 32.8 Å². The van der Waals surface area contributed by atoms with E-state index < -0.39 is 0 Å². The highest BCUT2D eigenvalue weighted by atomic mass is 16.5. The summed E-state index contributed by atoms with van der Waals surface area (Å²) >= 11 is 0. The number of carbonyl (C=O) groups excluding carboxylic acids is 1.